The van der Waals surface area contributed by atoms with Gasteiger partial charge in [-0.05, 0) is 94.5 Å². The molecule has 0 bridgehead atoms. The van der Waals surface area contributed by atoms with E-state index < -0.39 is 36.3 Å². The van der Waals surface area contributed by atoms with Gasteiger partial charge in [0.2, 0.25) is 18.0 Å². The summed E-state index contributed by atoms with van der Waals surface area (Å²) in [5.41, 5.74) is 4.21. The Morgan fingerprint density at radius 3 is 1.88 bits per heavy atom. The standard InChI is InChI=1S/C52H60FN9O8S.4H2S/c1-26(2)43(58-50(65)67-7)47(63)60-17-9-11-35(60)45-54-24-32(56-45)28-13-14-34-30(19-28)21-37-42-31(53)20-29(22-39(42)69-49(62(34)37)41-23-38-40(71-41)15-16-52(5,6)70-38)33-25-55-46(57-33)36-12-10-18-61(36)48(64)44(27(3)4)59-51(66)68-8;;;;/h13-14,19-27,35-36,43-44,49H,9-12,15-18H2,1-8H3,(H,54,56)(H,55,57)(H,58,65)(H,59,66);4*1H2/t35-,36-,43-,44-,49?;;;;/m0..../s1. The highest BCUT2D eigenvalue weighted by molar-refractivity contribution is 7.59. The number of H-pyrrole nitrogens is 2. The number of fused-ring (bicyclic) bond motifs is 6. The van der Waals surface area contributed by atoms with Crippen molar-refractivity contribution in [2.45, 2.75) is 116 Å². The first kappa shape index (κ1) is 58.8. The van der Waals surface area contributed by atoms with Crippen LogP contribution in [-0.2, 0) is 25.5 Å². The zero-order valence-corrected chi connectivity index (χ0v) is 48.0. The van der Waals surface area contributed by atoms with E-state index in [9.17, 15) is 19.2 Å². The number of ether oxygens (including phenoxy) is 4. The Morgan fingerprint density at radius 2 is 1.33 bits per heavy atom. The van der Waals surface area contributed by atoms with E-state index in [1.807, 2.05) is 52.0 Å². The first-order chi connectivity index (χ1) is 34.0. The number of benzene rings is 2. The number of methoxy groups -OCH3 is 2. The van der Waals surface area contributed by atoms with Crippen LogP contribution in [-0.4, -0.2) is 103 Å². The highest BCUT2D eigenvalue weighted by Crippen LogP contribution is 2.50. The Morgan fingerprint density at radius 1 is 0.773 bits per heavy atom. The number of nitrogens with zero attached hydrogens (tertiary/aromatic N) is 5. The lowest BCUT2D eigenvalue weighted by Crippen LogP contribution is -2.51. The second-order valence-electron chi connectivity index (χ2n) is 20.2. The molecule has 17 nitrogen and oxygen atoms in total. The Bertz CT molecular complexity index is 3060. The van der Waals surface area contributed by atoms with Crippen LogP contribution in [0, 0.1) is 17.7 Å². The van der Waals surface area contributed by atoms with Gasteiger partial charge in [-0.1, -0.05) is 33.8 Å². The lowest BCUT2D eigenvalue weighted by molar-refractivity contribution is -0.136. The molecule has 4 aromatic heterocycles. The first-order valence-corrected chi connectivity index (χ1v) is 25.2. The molecule has 2 saturated heterocycles. The third-order valence-electron chi connectivity index (χ3n) is 14.3. The van der Waals surface area contributed by atoms with Crippen molar-refractivity contribution < 1.29 is 42.5 Å². The number of aryl methyl sites for hydroxylation is 1. The average molecular weight is 1130 g/mol. The van der Waals surface area contributed by atoms with Gasteiger partial charge in [0.25, 0.3) is 0 Å². The zero-order valence-electron chi connectivity index (χ0n) is 43.2. The Hall–Kier alpha value is -5.49. The molecule has 4 aliphatic heterocycles. The number of carbonyl (C=O) groups is 4. The fourth-order valence-electron chi connectivity index (χ4n) is 10.6. The van der Waals surface area contributed by atoms with Gasteiger partial charge in [-0.3, -0.25) is 14.2 Å². The van der Waals surface area contributed by atoms with Crippen molar-refractivity contribution in [3.63, 3.8) is 0 Å². The number of halogens is 1. The molecule has 75 heavy (non-hydrogen) atoms. The van der Waals surface area contributed by atoms with Gasteiger partial charge in [0.05, 0.1) is 71.7 Å². The van der Waals surface area contributed by atoms with E-state index in [2.05, 4.69) is 51.1 Å². The summed E-state index contributed by atoms with van der Waals surface area (Å²) in [6.07, 6.45) is 6.11. The number of likely N-dealkylation sites (tertiary alicyclic amines) is 2. The molecule has 0 spiro atoms. The van der Waals surface area contributed by atoms with Crippen LogP contribution < -0.4 is 20.1 Å². The summed E-state index contributed by atoms with van der Waals surface area (Å²) in [5.74, 6) is 1.20. The number of carbonyl (C=O) groups excluding carboxylic acids is 4. The average Bonchev–Trinajstić information content (AvgIpc) is 4.21. The summed E-state index contributed by atoms with van der Waals surface area (Å²) in [4.78, 5) is 74.0. The number of rotatable bonds is 11. The Labute approximate surface area is 467 Å². The SMILES string of the molecule is COC(=O)N[C@H](C(=O)N1CCC[C@H]1c1ncc(-c2cc(F)c3c(c2)OC(c2cc4c(s2)CCC(C)(C)O4)n2c-3cc3cc(-c4cnc([C@@H]5CCCN5C(=O)[C@@H](NC(=O)OC)C(C)C)[nH]4)ccc32)[nH]1)C(C)C.S.S.S.S. The van der Waals surface area contributed by atoms with Crippen molar-refractivity contribution in [2.75, 3.05) is 27.3 Å². The smallest absolute Gasteiger partial charge is 0.407 e. The largest absolute Gasteiger partial charge is 0.487 e. The number of aromatic nitrogens is 5. The number of aromatic amines is 2. The van der Waals surface area contributed by atoms with Crippen LogP contribution in [0.25, 0.3) is 44.7 Å². The monoisotopic (exact) mass is 1130 g/mol. The Balaban J connectivity index is 0.00000229. The van der Waals surface area contributed by atoms with Crippen LogP contribution in [0.4, 0.5) is 14.0 Å². The van der Waals surface area contributed by atoms with Crippen LogP contribution in [0.1, 0.15) is 113 Å². The van der Waals surface area contributed by atoms with E-state index >= 15 is 4.39 Å². The van der Waals surface area contributed by atoms with E-state index in [4.69, 9.17) is 28.9 Å². The number of alkyl carbamates (subject to hydrolysis) is 2. The minimum atomic E-state index is -0.778. The van der Waals surface area contributed by atoms with Gasteiger partial charge in [-0.15, -0.1) is 11.3 Å². The molecular weight excluding hydrogens is 1060 g/mol. The summed E-state index contributed by atoms with van der Waals surface area (Å²) in [6.45, 7) is 12.7. The minimum Gasteiger partial charge on any atom is -0.487 e. The molecule has 4 N–H and O–H groups in total. The molecule has 0 radical (unpaired) electrons. The normalized spacial score (nSPS) is 18.9. The van der Waals surface area contributed by atoms with Gasteiger partial charge >= 0.3 is 12.2 Å². The summed E-state index contributed by atoms with van der Waals surface area (Å²) >= 11 is 1.64. The summed E-state index contributed by atoms with van der Waals surface area (Å²) in [5, 5.41) is 6.26. The van der Waals surface area contributed by atoms with Gasteiger partial charge in [-0.2, -0.15) is 54.0 Å². The molecule has 6 aromatic rings. The lowest BCUT2D eigenvalue weighted by Gasteiger charge is -2.30. The first-order valence-electron chi connectivity index (χ1n) is 24.4. The highest BCUT2D eigenvalue weighted by atomic mass is 32.1. The zero-order chi connectivity index (χ0) is 50.0. The van der Waals surface area contributed by atoms with E-state index in [1.165, 1.54) is 20.3 Å². The van der Waals surface area contributed by atoms with E-state index in [1.54, 1.807) is 33.5 Å². The lowest BCUT2D eigenvalue weighted by atomic mass is 9.99. The summed E-state index contributed by atoms with van der Waals surface area (Å²) in [6, 6.07) is 11.3. The van der Waals surface area contributed by atoms with Gasteiger partial charge < -0.3 is 49.3 Å². The number of hydrogen-bond acceptors (Lipinski definition) is 11. The van der Waals surface area contributed by atoms with Gasteiger partial charge in [0.15, 0.2) is 0 Å². The number of amides is 4. The molecule has 5 atom stereocenters. The van der Waals surface area contributed by atoms with Crippen LogP contribution in [0.15, 0.2) is 54.9 Å². The van der Waals surface area contributed by atoms with E-state index in [0.29, 0.717) is 65.8 Å². The fourth-order valence-corrected chi connectivity index (χ4v) is 11.7. The molecule has 8 heterocycles. The molecule has 2 fully saturated rings. The molecule has 0 saturated carbocycles. The quantitative estimate of drug-likeness (QED) is 0.0969. The van der Waals surface area contributed by atoms with Crippen molar-refractivity contribution in [3.05, 3.63) is 82.1 Å². The molecule has 406 valence electrons. The maximum atomic E-state index is 17.0. The van der Waals surface area contributed by atoms with Gasteiger partial charge in [-0.25, -0.2) is 23.9 Å². The van der Waals surface area contributed by atoms with Crippen molar-refractivity contribution in [1.82, 2.24) is 44.9 Å². The maximum Gasteiger partial charge on any atom is 0.407 e. The van der Waals surface area contributed by atoms with Crippen molar-refractivity contribution in [1.29, 1.82) is 0 Å². The summed E-state index contributed by atoms with van der Waals surface area (Å²) in [7, 11) is 2.55. The van der Waals surface area contributed by atoms with Gasteiger partial charge in [0.1, 0.15) is 46.6 Å². The molecule has 1 unspecified atom stereocenters. The number of imidazole rings is 2. The number of hydrogen-bond donors (Lipinski definition) is 4. The summed E-state index contributed by atoms with van der Waals surface area (Å²) < 4.78 is 42.1. The van der Waals surface area contributed by atoms with Gasteiger partial charge in [0, 0.05) is 40.5 Å². The predicted octanol–water partition coefficient (Wildman–Crippen LogP) is 9.87. The van der Waals surface area contributed by atoms with Crippen LogP contribution in [0.5, 0.6) is 11.5 Å². The second kappa shape index (κ2) is 23.4. The van der Waals surface area contributed by atoms with E-state index in [0.717, 1.165) is 63.3 Å². The highest BCUT2D eigenvalue weighted by Gasteiger charge is 2.40. The van der Waals surface area contributed by atoms with Crippen LogP contribution >= 0.6 is 65.3 Å². The topological polar surface area (TPSA) is 198 Å². The van der Waals surface area contributed by atoms with Crippen molar-refractivity contribution >= 4 is 100 Å². The molecule has 10 rings (SSSR count). The third-order valence-corrected chi connectivity index (χ3v) is 15.5. The third kappa shape index (κ3) is 11.2. The van der Waals surface area contributed by atoms with Crippen LogP contribution in [0.3, 0.4) is 0 Å². The predicted molar refractivity (Wildman–Crippen MR) is 306 cm³/mol. The molecule has 4 aliphatic rings. The maximum absolute atomic E-state index is 17.0. The molecule has 4 amide bonds. The number of thiophene rings is 1. The second-order valence-corrected chi connectivity index (χ2v) is 21.4. The molecule has 23 heteroatoms. The van der Waals surface area contributed by atoms with E-state index in [-0.39, 0.29) is 95.3 Å². The fraction of sp³-hybridized carbons (Fsp3) is 0.462. The van der Waals surface area contributed by atoms with Crippen molar-refractivity contribution in [3.8, 4) is 45.3 Å². The minimum absolute atomic E-state index is 0. The Kier molecular flexibility index (Phi) is 18.3. The van der Waals surface area contributed by atoms with Crippen molar-refractivity contribution in [2.24, 2.45) is 11.8 Å². The molecule has 0 aliphatic carbocycles. The number of nitrogens with one attached hydrogen (secondary N) is 4. The molecular formula is C52H68FN9O8S5. The van der Waals surface area contributed by atoms with Crippen LogP contribution in [0.2, 0.25) is 0 Å². The molecule has 2 aromatic carbocycles.